The third-order valence-corrected chi connectivity index (χ3v) is 6.86. The zero-order chi connectivity index (χ0) is 25.5. The van der Waals surface area contributed by atoms with Crippen LogP contribution < -0.4 is 15.0 Å². The van der Waals surface area contributed by atoms with Crippen LogP contribution in [0.1, 0.15) is 42.1 Å². The maximum Gasteiger partial charge on any atom is 0.262 e. The number of hydrogen-bond donors (Lipinski definition) is 1. The SMILES string of the molecule is CC[C@@H](C)c1ccc(OCC(=O)Nc2ccc(N3CCN(C(=O)c4ccc(Cl)cc4)CC3)cc2)cc1. The smallest absolute Gasteiger partial charge is 0.262 e. The van der Waals surface area contributed by atoms with Crippen molar-refractivity contribution in [2.75, 3.05) is 43.0 Å². The van der Waals surface area contributed by atoms with E-state index in [2.05, 4.69) is 24.1 Å². The van der Waals surface area contributed by atoms with Crippen LogP contribution in [0.5, 0.6) is 5.75 Å². The van der Waals surface area contributed by atoms with Gasteiger partial charge in [0.2, 0.25) is 0 Å². The molecule has 3 aromatic rings. The summed E-state index contributed by atoms with van der Waals surface area (Å²) in [6.45, 7) is 7.10. The summed E-state index contributed by atoms with van der Waals surface area (Å²) in [6.07, 6.45) is 1.08. The maximum atomic E-state index is 12.7. The lowest BCUT2D eigenvalue weighted by molar-refractivity contribution is -0.118. The molecule has 4 rings (SSSR count). The third kappa shape index (κ3) is 6.58. The number of nitrogens with zero attached hydrogens (tertiary/aromatic N) is 2. The predicted molar refractivity (Wildman–Crippen MR) is 145 cm³/mol. The molecule has 0 aliphatic carbocycles. The summed E-state index contributed by atoms with van der Waals surface area (Å²) >= 11 is 5.93. The zero-order valence-corrected chi connectivity index (χ0v) is 21.5. The van der Waals surface area contributed by atoms with Gasteiger partial charge in [0, 0.05) is 48.1 Å². The molecule has 0 aromatic heterocycles. The number of amides is 2. The van der Waals surface area contributed by atoms with Gasteiger partial charge in [-0.1, -0.05) is 37.6 Å². The summed E-state index contributed by atoms with van der Waals surface area (Å²) in [6, 6.07) is 22.7. The van der Waals surface area contributed by atoms with E-state index >= 15 is 0 Å². The van der Waals surface area contributed by atoms with E-state index in [9.17, 15) is 9.59 Å². The lowest BCUT2D eigenvalue weighted by Gasteiger charge is -2.36. The Bertz CT molecular complexity index is 1160. The van der Waals surface area contributed by atoms with E-state index in [0.29, 0.717) is 35.3 Å². The molecule has 1 aliphatic rings. The van der Waals surface area contributed by atoms with Gasteiger partial charge >= 0.3 is 0 Å². The van der Waals surface area contributed by atoms with Crippen LogP contribution in [-0.2, 0) is 4.79 Å². The van der Waals surface area contributed by atoms with E-state index in [-0.39, 0.29) is 18.4 Å². The van der Waals surface area contributed by atoms with Gasteiger partial charge < -0.3 is 19.9 Å². The van der Waals surface area contributed by atoms with E-state index in [0.717, 1.165) is 30.9 Å². The minimum Gasteiger partial charge on any atom is -0.484 e. The molecule has 0 saturated carbocycles. The van der Waals surface area contributed by atoms with E-state index in [1.807, 2.05) is 53.4 Å². The van der Waals surface area contributed by atoms with Crippen molar-refractivity contribution in [2.24, 2.45) is 0 Å². The summed E-state index contributed by atoms with van der Waals surface area (Å²) < 4.78 is 5.64. The van der Waals surface area contributed by atoms with Crippen LogP contribution in [0.15, 0.2) is 72.8 Å². The summed E-state index contributed by atoms with van der Waals surface area (Å²) in [5, 5.41) is 3.50. The number of ether oxygens (including phenoxy) is 1. The molecule has 6 nitrogen and oxygen atoms in total. The molecule has 0 radical (unpaired) electrons. The second-order valence-corrected chi connectivity index (χ2v) is 9.48. The van der Waals surface area contributed by atoms with Crippen molar-refractivity contribution in [1.82, 2.24) is 4.90 Å². The Balaban J connectivity index is 1.23. The van der Waals surface area contributed by atoms with Crippen LogP contribution in [0, 0.1) is 0 Å². The Hall–Kier alpha value is -3.51. The third-order valence-electron chi connectivity index (χ3n) is 6.61. The number of halogens is 1. The van der Waals surface area contributed by atoms with Crippen LogP contribution >= 0.6 is 11.6 Å². The van der Waals surface area contributed by atoms with Gasteiger partial charge in [-0.3, -0.25) is 9.59 Å². The molecule has 1 saturated heterocycles. The van der Waals surface area contributed by atoms with Crippen molar-refractivity contribution in [3.05, 3.63) is 88.9 Å². The molecular formula is C29H32ClN3O3. The number of benzene rings is 3. The van der Waals surface area contributed by atoms with Crippen molar-refractivity contribution >= 4 is 34.8 Å². The van der Waals surface area contributed by atoms with E-state index < -0.39 is 0 Å². The van der Waals surface area contributed by atoms with Gasteiger partial charge in [0.15, 0.2) is 6.61 Å². The fourth-order valence-corrected chi connectivity index (χ4v) is 4.30. The first-order valence-electron chi connectivity index (χ1n) is 12.4. The molecule has 1 fully saturated rings. The van der Waals surface area contributed by atoms with Gasteiger partial charge in [0.25, 0.3) is 11.8 Å². The van der Waals surface area contributed by atoms with Crippen molar-refractivity contribution in [2.45, 2.75) is 26.2 Å². The molecular weight excluding hydrogens is 474 g/mol. The van der Waals surface area contributed by atoms with Gasteiger partial charge in [0.05, 0.1) is 0 Å². The number of rotatable bonds is 8. The van der Waals surface area contributed by atoms with Gasteiger partial charge in [-0.2, -0.15) is 0 Å². The van der Waals surface area contributed by atoms with Crippen molar-refractivity contribution < 1.29 is 14.3 Å². The minimum atomic E-state index is -0.205. The highest BCUT2D eigenvalue weighted by molar-refractivity contribution is 6.30. The molecule has 7 heteroatoms. The Morgan fingerprint density at radius 3 is 2.17 bits per heavy atom. The molecule has 1 aliphatic heterocycles. The van der Waals surface area contributed by atoms with Gasteiger partial charge in [-0.25, -0.2) is 0 Å². The predicted octanol–water partition coefficient (Wildman–Crippen LogP) is 5.83. The molecule has 2 amide bonds. The lowest BCUT2D eigenvalue weighted by atomic mass is 9.99. The summed E-state index contributed by atoms with van der Waals surface area (Å²) in [7, 11) is 0. The molecule has 1 heterocycles. The van der Waals surface area contributed by atoms with Crippen molar-refractivity contribution in [3.8, 4) is 5.75 Å². The molecule has 0 bridgehead atoms. The van der Waals surface area contributed by atoms with Crippen LogP contribution in [-0.4, -0.2) is 49.5 Å². The quantitative estimate of drug-likeness (QED) is 0.418. The molecule has 0 spiro atoms. The Labute approximate surface area is 217 Å². The lowest BCUT2D eigenvalue weighted by Crippen LogP contribution is -2.48. The number of hydrogen-bond acceptors (Lipinski definition) is 4. The standard InChI is InChI=1S/C29H32ClN3O3/c1-3-21(2)22-6-14-27(15-7-22)36-20-28(34)31-25-10-12-26(13-11-25)32-16-18-33(19-17-32)29(35)23-4-8-24(30)9-5-23/h4-15,21H,3,16-20H2,1-2H3,(H,31,34)/t21-/m1/s1. The summed E-state index contributed by atoms with van der Waals surface area (Å²) in [5.74, 6) is 1.01. The molecule has 1 atom stereocenters. The zero-order valence-electron chi connectivity index (χ0n) is 20.7. The van der Waals surface area contributed by atoms with E-state index in [4.69, 9.17) is 16.3 Å². The van der Waals surface area contributed by atoms with Crippen LogP contribution in [0.3, 0.4) is 0 Å². The molecule has 3 aromatic carbocycles. The largest absolute Gasteiger partial charge is 0.484 e. The molecule has 36 heavy (non-hydrogen) atoms. The van der Waals surface area contributed by atoms with Crippen molar-refractivity contribution in [3.63, 3.8) is 0 Å². The second kappa shape index (κ2) is 12.0. The van der Waals surface area contributed by atoms with Crippen molar-refractivity contribution in [1.29, 1.82) is 0 Å². The first kappa shape index (κ1) is 25.6. The van der Waals surface area contributed by atoms with Gasteiger partial charge in [0.1, 0.15) is 5.75 Å². The van der Waals surface area contributed by atoms with Gasteiger partial charge in [-0.15, -0.1) is 0 Å². The number of nitrogens with one attached hydrogen (secondary N) is 1. The highest BCUT2D eigenvalue weighted by Crippen LogP contribution is 2.22. The van der Waals surface area contributed by atoms with Gasteiger partial charge in [-0.05, 0) is 78.6 Å². The molecule has 1 N–H and O–H groups in total. The average Bonchev–Trinajstić information content (AvgIpc) is 2.92. The number of piperazine rings is 1. The summed E-state index contributed by atoms with van der Waals surface area (Å²) in [4.78, 5) is 29.2. The highest BCUT2D eigenvalue weighted by Gasteiger charge is 2.22. The monoisotopic (exact) mass is 505 g/mol. The Morgan fingerprint density at radius 2 is 1.56 bits per heavy atom. The number of carbonyl (C=O) groups is 2. The van der Waals surface area contributed by atoms with E-state index in [1.54, 1.807) is 24.3 Å². The normalized spacial score (nSPS) is 14.3. The fraction of sp³-hybridized carbons (Fsp3) is 0.310. The topological polar surface area (TPSA) is 61.9 Å². The summed E-state index contributed by atoms with van der Waals surface area (Å²) in [5.41, 5.74) is 3.70. The molecule has 188 valence electrons. The first-order valence-corrected chi connectivity index (χ1v) is 12.7. The average molecular weight is 506 g/mol. The number of anilines is 2. The molecule has 0 unspecified atom stereocenters. The Morgan fingerprint density at radius 1 is 0.917 bits per heavy atom. The number of carbonyl (C=O) groups excluding carboxylic acids is 2. The second-order valence-electron chi connectivity index (χ2n) is 9.05. The van der Waals surface area contributed by atoms with Crippen LogP contribution in [0.4, 0.5) is 11.4 Å². The fourth-order valence-electron chi connectivity index (χ4n) is 4.17. The first-order chi connectivity index (χ1) is 17.4. The van der Waals surface area contributed by atoms with Crippen LogP contribution in [0.25, 0.3) is 0 Å². The van der Waals surface area contributed by atoms with E-state index in [1.165, 1.54) is 5.56 Å². The minimum absolute atomic E-state index is 0.0260. The maximum absolute atomic E-state index is 12.7. The highest BCUT2D eigenvalue weighted by atomic mass is 35.5. The Kier molecular flexibility index (Phi) is 8.49. The van der Waals surface area contributed by atoms with Crippen LogP contribution in [0.2, 0.25) is 5.02 Å².